The monoisotopic (exact) mass is 352 g/mol. The molecule has 1 saturated heterocycles. The van der Waals surface area contributed by atoms with Gasteiger partial charge < -0.3 is 20.1 Å². The summed E-state index contributed by atoms with van der Waals surface area (Å²) in [7, 11) is 0. The third-order valence-corrected chi connectivity index (χ3v) is 5.08. The number of ether oxygens (including phenoxy) is 1. The van der Waals surface area contributed by atoms with Crippen LogP contribution in [0.2, 0.25) is 0 Å². The standard InChI is InChI=1S/C21H24N2O3/c1-13-7-17(19-18(8-13)26-21(2,3)12-22-19)14-5-4-6-16(9-14)23-10-15(11-23)20(24)25/h4-9,15,22H,10-12H2,1-3H3,(H,24,25). The van der Waals surface area contributed by atoms with Gasteiger partial charge in [-0.15, -0.1) is 0 Å². The fourth-order valence-electron chi connectivity index (χ4n) is 3.59. The molecule has 2 N–H and O–H groups in total. The van der Waals surface area contributed by atoms with Gasteiger partial charge in [-0.05, 0) is 56.2 Å². The molecule has 0 amide bonds. The van der Waals surface area contributed by atoms with E-state index in [1.54, 1.807) is 0 Å². The average molecular weight is 352 g/mol. The highest BCUT2D eigenvalue weighted by molar-refractivity contribution is 5.85. The fourth-order valence-corrected chi connectivity index (χ4v) is 3.59. The number of hydrogen-bond donors (Lipinski definition) is 2. The van der Waals surface area contributed by atoms with Gasteiger partial charge >= 0.3 is 5.97 Å². The molecule has 0 bridgehead atoms. The number of carboxylic acid groups (broad SMARTS) is 1. The molecule has 2 aromatic carbocycles. The molecule has 26 heavy (non-hydrogen) atoms. The van der Waals surface area contributed by atoms with Gasteiger partial charge in [0.05, 0.1) is 18.2 Å². The van der Waals surface area contributed by atoms with E-state index in [-0.39, 0.29) is 11.5 Å². The first-order valence-electron chi connectivity index (χ1n) is 8.98. The van der Waals surface area contributed by atoms with Crippen LogP contribution in [0.25, 0.3) is 11.1 Å². The van der Waals surface area contributed by atoms with Crippen molar-refractivity contribution in [2.24, 2.45) is 5.92 Å². The molecule has 1 fully saturated rings. The molecule has 0 spiro atoms. The Morgan fingerprint density at radius 1 is 1.27 bits per heavy atom. The summed E-state index contributed by atoms with van der Waals surface area (Å²) in [5.74, 6) is -0.0895. The maximum atomic E-state index is 11.0. The molecule has 0 aromatic heterocycles. The van der Waals surface area contributed by atoms with Crippen LogP contribution in [-0.4, -0.2) is 36.3 Å². The fraction of sp³-hybridized carbons (Fsp3) is 0.381. The van der Waals surface area contributed by atoms with Crippen LogP contribution in [0.3, 0.4) is 0 Å². The quantitative estimate of drug-likeness (QED) is 0.881. The van der Waals surface area contributed by atoms with Gasteiger partial charge in [0.25, 0.3) is 0 Å². The van der Waals surface area contributed by atoms with E-state index in [9.17, 15) is 4.79 Å². The zero-order valence-electron chi connectivity index (χ0n) is 15.4. The van der Waals surface area contributed by atoms with Crippen molar-refractivity contribution in [3.05, 3.63) is 42.0 Å². The molecule has 2 aromatic rings. The second-order valence-corrected chi connectivity index (χ2v) is 7.89. The predicted octanol–water partition coefficient (Wildman–Crippen LogP) is 3.77. The maximum absolute atomic E-state index is 11.0. The van der Waals surface area contributed by atoms with Crippen molar-refractivity contribution in [2.45, 2.75) is 26.4 Å². The lowest BCUT2D eigenvalue weighted by atomic mass is 9.95. The topological polar surface area (TPSA) is 61.8 Å². The summed E-state index contributed by atoms with van der Waals surface area (Å²) in [5, 5.41) is 12.6. The molecule has 2 aliphatic rings. The zero-order valence-corrected chi connectivity index (χ0v) is 15.4. The van der Waals surface area contributed by atoms with Crippen LogP contribution in [0.4, 0.5) is 11.4 Å². The van der Waals surface area contributed by atoms with Crippen molar-refractivity contribution in [1.82, 2.24) is 0 Å². The predicted molar refractivity (Wildman–Crippen MR) is 103 cm³/mol. The molecule has 0 atom stereocenters. The molecule has 5 heteroatoms. The molecule has 4 rings (SSSR count). The Labute approximate surface area is 153 Å². The first-order valence-corrected chi connectivity index (χ1v) is 8.98. The molecule has 136 valence electrons. The smallest absolute Gasteiger partial charge is 0.310 e. The van der Waals surface area contributed by atoms with E-state index in [1.807, 2.05) is 12.1 Å². The van der Waals surface area contributed by atoms with Crippen LogP contribution in [0.1, 0.15) is 19.4 Å². The average Bonchev–Trinajstić information content (AvgIpc) is 2.51. The summed E-state index contributed by atoms with van der Waals surface area (Å²) in [4.78, 5) is 13.2. The number of nitrogens with one attached hydrogen (secondary N) is 1. The van der Waals surface area contributed by atoms with E-state index < -0.39 is 5.97 Å². The summed E-state index contributed by atoms with van der Waals surface area (Å²) < 4.78 is 6.17. The van der Waals surface area contributed by atoms with E-state index in [0.29, 0.717) is 13.1 Å². The lowest BCUT2D eigenvalue weighted by Crippen LogP contribution is -2.50. The highest BCUT2D eigenvalue weighted by atomic mass is 16.5. The van der Waals surface area contributed by atoms with Crippen LogP contribution in [-0.2, 0) is 4.79 Å². The number of aliphatic carboxylic acids is 1. The third kappa shape index (κ3) is 2.98. The lowest BCUT2D eigenvalue weighted by molar-refractivity contribution is -0.142. The van der Waals surface area contributed by atoms with E-state index in [1.165, 1.54) is 0 Å². The summed E-state index contributed by atoms with van der Waals surface area (Å²) in [5.41, 5.74) is 5.23. The van der Waals surface area contributed by atoms with Crippen molar-refractivity contribution in [2.75, 3.05) is 29.9 Å². The van der Waals surface area contributed by atoms with Gasteiger partial charge in [0.1, 0.15) is 11.4 Å². The number of carboxylic acids is 1. The molecule has 5 nitrogen and oxygen atoms in total. The summed E-state index contributed by atoms with van der Waals surface area (Å²) in [6.45, 7) is 8.12. The van der Waals surface area contributed by atoms with Gasteiger partial charge in [-0.25, -0.2) is 0 Å². The molecular formula is C21H24N2O3. The van der Waals surface area contributed by atoms with Gasteiger partial charge in [-0.2, -0.15) is 0 Å². The number of fused-ring (bicyclic) bond motifs is 1. The largest absolute Gasteiger partial charge is 0.484 e. The second-order valence-electron chi connectivity index (χ2n) is 7.89. The van der Waals surface area contributed by atoms with Gasteiger partial charge in [0, 0.05) is 24.3 Å². The summed E-state index contributed by atoms with van der Waals surface area (Å²) in [6, 6.07) is 12.5. The first kappa shape index (κ1) is 16.8. The minimum Gasteiger partial charge on any atom is -0.484 e. The van der Waals surface area contributed by atoms with Crippen LogP contribution >= 0.6 is 0 Å². The zero-order chi connectivity index (χ0) is 18.5. The number of aryl methyl sites for hydroxylation is 1. The lowest BCUT2D eigenvalue weighted by Gasteiger charge is -2.39. The highest BCUT2D eigenvalue weighted by Gasteiger charge is 2.33. The number of benzene rings is 2. The van der Waals surface area contributed by atoms with Gasteiger partial charge in [0.15, 0.2) is 0 Å². The van der Waals surface area contributed by atoms with Crippen molar-refractivity contribution >= 4 is 17.3 Å². The maximum Gasteiger partial charge on any atom is 0.310 e. The summed E-state index contributed by atoms with van der Waals surface area (Å²) >= 11 is 0. The van der Waals surface area contributed by atoms with Gasteiger partial charge in [-0.3, -0.25) is 4.79 Å². The highest BCUT2D eigenvalue weighted by Crippen LogP contribution is 2.42. The van der Waals surface area contributed by atoms with E-state index in [0.717, 1.165) is 40.4 Å². The van der Waals surface area contributed by atoms with Gasteiger partial charge in [0.2, 0.25) is 0 Å². The molecule has 2 heterocycles. The Balaban J connectivity index is 1.68. The van der Waals surface area contributed by atoms with Crippen molar-refractivity contribution in [1.29, 1.82) is 0 Å². The number of carbonyl (C=O) groups is 1. The van der Waals surface area contributed by atoms with Crippen molar-refractivity contribution in [3.63, 3.8) is 0 Å². The van der Waals surface area contributed by atoms with E-state index in [4.69, 9.17) is 9.84 Å². The Morgan fingerprint density at radius 2 is 2.04 bits per heavy atom. The SMILES string of the molecule is Cc1cc2c(c(-c3cccc(N4CC(C(=O)O)C4)c3)c1)NCC(C)(C)O2. The Morgan fingerprint density at radius 3 is 2.77 bits per heavy atom. The van der Waals surface area contributed by atoms with E-state index in [2.05, 4.69) is 55.3 Å². The molecule has 0 saturated carbocycles. The molecule has 0 aliphatic carbocycles. The number of rotatable bonds is 3. The van der Waals surface area contributed by atoms with Crippen LogP contribution in [0.15, 0.2) is 36.4 Å². The minimum absolute atomic E-state index is 0.233. The van der Waals surface area contributed by atoms with Gasteiger partial charge in [-0.1, -0.05) is 12.1 Å². The van der Waals surface area contributed by atoms with Crippen molar-refractivity contribution < 1.29 is 14.6 Å². The second kappa shape index (κ2) is 5.94. The molecule has 0 unspecified atom stereocenters. The van der Waals surface area contributed by atoms with Crippen LogP contribution < -0.4 is 15.0 Å². The molecular weight excluding hydrogens is 328 g/mol. The summed E-state index contributed by atoms with van der Waals surface area (Å²) in [6.07, 6.45) is 0. The van der Waals surface area contributed by atoms with Crippen molar-refractivity contribution in [3.8, 4) is 16.9 Å². The Hall–Kier alpha value is -2.69. The van der Waals surface area contributed by atoms with Crippen LogP contribution in [0.5, 0.6) is 5.75 Å². The number of hydrogen-bond acceptors (Lipinski definition) is 4. The van der Waals surface area contributed by atoms with E-state index >= 15 is 0 Å². The molecule has 2 aliphatic heterocycles. The number of anilines is 2. The Kier molecular flexibility index (Phi) is 3.83. The first-order chi connectivity index (χ1) is 12.3. The Bertz CT molecular complexity index is 870. The third-order valence-electron chi connectivity index (χ3n) is 5.08. The normalized spacial score (nSPS) is 18.3. The minimum atomic E-state index is -0.714. The number of nitrogens with zero attached hydrogens (tertiary/aromatic N) is 1. The molecule has 0 radical (unpaired) electrons. The van der Waals surface area contributed by atoms with Crippen LogP contribution in [0, 0.1) is 12.8 Å².